The van der Waals surface area contributed by atoms with Crippen molar-refractivity contribution in [2.45, 2.75) is 32.4 Å². The molecular formula is C24H28N2O5. The van der Waals surface area contributed by atoms with E-state index in [9.17, 15) is 9.59 Å². The van der Waals surface area contributed by atoms with Gasteiger partial charge >= 0.3 is 0 Å². The SMILES string of the molecule is COc1cc(C(=O)N2CCOc3ccccc3C2)ccc1OC1CCN(C(C)=O)CC1. The highest BCUT2D eigenvalue weighted by Gasteiger charge is 2.25. The summed E-state index contributed by atoms with van der Waals surface area (Å²) in [4.78, 5) is 28.3. The monoisotopic (exact) mass is 424 g/mol. The molecule has 4 rings (SSSR count). The van der Waals surface area contributed by atoms with E-state index >= 15 is 0 Å². The zero-order valence-corrected chi connectivity index (χ0v) is 18.0. The van der Waals surface area contributed by atoms with E-state index in [1.54, 1.807) is 37.1 Å². The number of hydrogen-bond acceptors (Lipinski definition) is 5. The highest BCUT2D eigenvalue weighted by atomic mass is 16.5. The molecule has 0 spiro atoms. The minimum absolute atomic E-state index is 0.0188. The van der Waals surface area contributed by atoms with Gasteiger partial charge in [-0.25, -0.2) is 0 Å². The van der Waals surface area contributed by atoms with Crippen LogP contribution in [0.3, 0.4) is 0 Å². The highest BCUT2D eigenvalue weighted by molar-refractivity contribution is 5.95. The molecule has 0 aromatic heterocycles. The fourth-order valence-corrected chi connectivity index (χ4v) is 4.05. The Labute approximate surface area is 182 Å². The number of nitrogens with zero attached hydrogens (tertiary/aromatic N) is 2. The van der Waals surface area contributed by atoms with E-state index in [0.29, 0.717) is 49.8 Å². The summed E-state index contributed by atoms with van der Waals surface area (Å²) in [7, 11) is 1.57. The van der Waals surface area contributed by atoms with Crippen molar-refractivity contribution in [1.29, 1.82) is 0 Å². The van der Waals surface area contributed by atoms with Gasteiger partial charge in [-0.2, -0.15) is 0 Å². The van der Waals surface area contributed by atoms with E-state index in [4.69, 9.17) is 14.2 Å². The van der Waals surface area contributed by atoms with Crippen molar-refractivity contribution in [3.63, 3.8) is 0 Å². The van der Waals surface area contributed by atoms with E-state index in [-0.39, 0.29) is 17.9 Å². The summed E-state index contributed by atoms with van der Waals surface area (Å²) in [5.74, 6) is 2.01. The number of para-hydroxylation sites is 1. The first-order valence-corrected chi connectivity index (χ1v) is 10.7. The minimum atomic E-state index is -0.0695. The molecule has 1 saturated heterocycles. The molecule has 2 aliphatic rings. The molecular weight excluding hydrogens is 396 g/mol. The molecule has 0 saturated carbocycles. The lowest BCUT2D eigenvalue weighted by molar-refractivity contribution is -0.130. The van der Waals surface area contributed by atoms with E-state index in [1.807, 2.05) is 29.2 Å². The van der Waals surface area contributed by atoms with E-state index in [2.05, 4.69) is 0 Å². The predicted octanol–water partition coefficient (Wildman–Crippen LogP) is 3.12. The van der Waals surface area contributed by atoms with E-state index in [1.165, 1.54) is 0 Å². The van der Waals surface area contributed by atoms with Crippen molar-refractivity contribution in [3.05, 3.63) is 53.6 Å². The number of hydrogen-bond donors (Lipinski definition) is 0. The van der Waals surface area contributed by atoms with Crippen molar-refractivity contribution in [3.8, 4) is 17.2 Å². The first kappa shape index (κ1) is 21.0. The lowest BCUT2D eigenvalue weighted by Gasteiger charge is -2.31. The molecule has 1 fully saturated rings. The quantitative estimate of drug-likeness (QED) is 0.754. The van der Waals surface area contributed by atoms with Crippen LogP contribution in [0, 0.1) is 0 Å². The largest absolute Gasteiger partial charge is 0.493 e. The van der Waals surface area contributed by atoms with Crippen LogP contribution in [0.25, 0.3) is 0 Å². The van der Waals surface area contributed by atoms with Gasteiger partial charge in [0.05, 0.1) is 13.7 Å². The maximum Gasteiger partial charge on any atom is 0.254 e. The first-order valence-electron chi connectivity index (χ1n) is 10.7. The van der Waals surface area contributed by atoms with Crippen molar-refractivity contribution in [1.82, 2.24) is 9.80 Å². The van der Waals surface area contributed by atoms with Crippen LogP contribution in [-0.4, -0.2) is 61.1 Å². The lowest BCUT2D eigenvalue weighted by Crippen LogP contribution is -2.40. The summed E-state index contributed by atoms with van der Waals surface area (Å²) in [6.07, 6.45) is 1.57. The van der Waals surface area contributed by atoms with Gasteiger partial charge in [0.2, 0.25) is 5.91 Å². The van der Waals surface area contributed by atoms with Gasteiger partial charge in [0.25, 0.3) is 5.91 Å². The number of fused-ring (bicyclic) bond motifs is 1. The number of ether oxygens (including phenoxy) is 3. The molecule has 0 N–H and O–H groups in total. The molecule has 0 bridgehead atoms. The van der Waals surface area contributed by atoms with Crippen LogP contribution >= 0.6 is 0 Å². The van der Waals surface area contributed by atoms with Crippen LogP contribution < -0.4 is 14.2 Å². The van der Waals surface area contributed by atoms with Gasteiger partial charge < -0.3 is 24.0 Å². The molecule has 164 valence electrons. The Morgan fingerprint density at radius 2 is 1.77 bits per heavy atom. The maximum absolute atomic E-state index is 13.2. The Bertz CT molecular complexity index is 953. The lowest BCUT2D eigenvalue weighted by atomic mass is 10.1. The Hall–Kier alpha value is -3.22. The van der Waals surface area contributed by atoms with Gasteiger partial charge in [-0.1, -0.05) is 18.2 Å². The molecule has 0 radical (unpaired) electrons. The second-order valence-corrected chi connectivity index (χ2v) is 7.87. The summed E-state index contributed by atoms with van der Waals surface area (Å²) >= 11 is 0. The molecule has 0 aliphatic carbocycles. The Balaban J connectivity index is 1.45. The summed E-state index contributed by atoms with van der Waals surface area (Å²) in [5.41, 5.74) is 1.55. The van der Waals surface area contributed by atoms with E-state index in [0.717, 1.165) is 24.2 Å². The normalized spacial score (nSPS) is 16.7. The fourth-order valence-electron chi connectivity index (χ4n) is 4.05. The van der Waals surface area contributed by atoms with E-state index < -0.39 is 0 Å². The van der Waals surface area contributed by atoms with Crippen LogP contribution in [0.5, 0.6) is 17.2 Å². The number of rotatable bonds is 4. The zero-order chi connectivity index (χ0) is 21.8. The number of amides is 2. The van der Waals surface area contributed by atoms with Crippen LogP contribution in [0.15, 0.2) is 42.5 Å². The van der Waals surface area contributed by atoms with Crippen molar-refractivity contribution in [2.75, 3.05) is 33.4 Å². The molecule has 2 aromatic rings. The van der Waals surface area contributed by atoms with Crippen molar-refractivity contribution in [2.24, 2.45) is 0 Å². The number of carbonyl (C=O) groups excluding carboxylic acids is 2. The van der Waals surface area contributed by atoms with Gasteiger partial charge in [0.15, 0.2) is 11.5 Å². The number of carbonyl (C=O) groups is 2. The smallest absolute Gasteiger partial charge is 0.254 e. The predicted molar refractivity (Wildman–Crippen MR) is 116 cm³/mol. The van der Waals surface area contributed by atoms with Crippen LogP contribution in [0.1, 0.15) is 35.7 Å². The summed E-state index contributed by atoms with van der Waals surface area (Å²) in [6, 6.07) is 13.1. The molecule has 0 atom stereocenters. The topological polar surface area (TPSA) is 68.3 Å². The standard InChI is InChI=1S/C24H28N2O5/c1-17(27)25-11-9-20(10-12-25)31-22-8-7-18(15-23(22)29-2)24(28)26-13-14-30-21-6-4-3-5-19(21)16-26/h3-8,15,20H,9-14,16H2,1-2H3. The Kier molecular flexibility index (Phi) is 6.30. The maximum atomic E-state index is 13.2. The van der Waals surface area contributed by atoms with Gasteiger partial charge in [0.1, 0.15) is 18.5 Å². The molecule has 7 heteroatoms. The number of benzene rings is 2. The average Bonchev–Trinajstić information content (AvgIpc) is 3.02. The van der Waals surface area contributed by atoms with Crippen molar-refractivity contribution >= 4 is 11.8 Å². The Morgan fingerprint density at radius 1 is 1.00 bits per heavy atom. The third-order valence-corrected chi connectivity index (χ3v) is 5.83. The molecule has 2 amide bonds. The Morgan fingerprint density at radius 3 is 2.52 bits per heavy atom. The number of piperidine rings is 1. The first-order chi connectivity index (χ1) is 15.0. The molecule has 31 heavy (non-hydrogen) atoms. The van der Waals surface area contributed by atoms with Gasteiger partial charge in [0, 0.05) is 50.5 Å². The molecule has 2 aromatic carbocycles. The number of methoxy groups -OCH3 is 1. The number of likely N-dealkylation sites (tertiary alicyclic amines) is 1. The molecule has 2 aliphatic heterocycles. The summed E-state index contributed by atoms with van der Waals surface area (Å²) in [5, 5.41) is 0. The minimum Gasteiger partial charge on any atom is -0.493 e. The molecule has 0 unspecified atom stereocenters. The summed E-state index contributed by atoms with van der Waals surface area (Å²) in [6.45, 7) is 4.46. The molecule has 2 heterocycles. The van der Waals surface area contributed by atoms with Crippen LogP contribution in [-0.2, 0) is 11.3 Å². The third-order valence-electron chi connectivity index (χ3n) is 5.83. The highest BCUT2D eigenvalue weighted by Crippen LogP contribution is 2.32. The zero-order valence-electron chi connectivity index (χ0n) is 18.0. The average molecular weight is 424 g/mol. The van der Waals surface area contributed by atoms with Gasteiger partial charge in [-0.15, -0.1) is 0 Å². The second-order valence-electron chi connectivity index (χ2n) is 7.87. The second kappa shape index (κ2) is 9.29. The molecule has 7 nitrogen and oxygen atoms in total. The van der Waals surface area contributed by atoms with Gasteiger partial charge in [-0.05, 0) is 24.3 Å². The third kappa shape index (κ3) is 4.76. The summed E-state index contributed by atoms with van der Waals surface area (Å²) < 4.78 is 17.4. The van der Waals surface area contributed by atoms with Crippen molar-refractivity contribution < 1.29 is 23.8 Å². The fraction of sp³-hybridized carbons (Fsp3) is 0.417. The van der Waals surface area contributed by atoms with Crippen LogP contribution in [0.4, 0.5) is 0 Å². The van der Waals surface area contributed by atoms with Gasteiger partial charge in [-0.3, -0.25) is 9.59 Å². The van der Waals surface area contributed by atoms with Crippen LogP contribution in [0.2, 0.25) is 0 Å².